The zero-order chi connectivity index (χ0) is 21.1. The molecule has 2 rings (SSSR count). The summed E-state index contributed by atoms with van der Waals surface area (Å²) in [5, 5.41) is 3.12. The molecular weight excluding hydrogens is 362 g/mol. The van der Waals surface area contributed by atoms with Gasteiger partial charge >= 0.3 is 0 Å². The van der Waals surface area contributed by atoms with Crippen molar-refractivity contribution < 1.29 is 14.3 Å². The molecule has 0 spiro atoms. The summed E-state index contributed by atoms with van der Waals surface area (Å²) in [7, 11) is 1.66. The summed E-state index contributed by atoms with van der Waals surface area (Å²) in [4.78, 5) is 12.7. The number of benzene rings is 1. The molecule has 1 aliphatic rings. The Labute approximate surface area is 177 Å². The second kappa shape index (κ2) is 12.7. The topological polar surface area (TPSA) is 47.6 Å². The molecule has 4 heteroatoms. The third kappa shape index (κ3) is 8.22. The van der Waals surface area contributed by atoms with Gasteiger partial charge in [-0.05, 0) is 48.8 Å². The van der Waals surface area contributed by atoms with Crippen molar-refractivity contribution in [3.05, 3.63) is 42.0 Å². The number of hydrogen-bond donors (Lipinski definition) is 1. The molecule has 1 aromatic rings. The summed E-state index contributed by atoms with van der Waals surface area (Å²) >= 11 is 0. The molecule has 29 heavy (non-hydrogen) atoms. The summed E-state index contributed by atoms with van der Waals surface area (Å²) in [5.74, 6) is 1.97. The molecule has 0 fully saturated rings. The lowest BCUT2D eigenvalue weighted by molar-refractivity contribution is -0.128. The van der Waals surface area contributed by atoms with Crippen molar-refractivity contribution in [3.63, 3.8) is 0 Å². The van der Waals surface area contributed by atoms with E-state index in [4.69, 9.17) is 9.47 Å². The Morgan fingerprint density at radius 2 is 1.76 bits per heavy atom. The third-order valence-corrected chi connectivity index (χ3v) is 6.07. The first kappa shape index (κ1) is 23.5. The molecule has 4 nitrogen and oxygen atoms in total. The van der Waals surface area contributed by atoms with Crippen LogP contribution in [0.3, 0.4) is 0 Å². The number of allylic oxidation sites excluding steroid dienone is 1. The number of methoxy groups -OCH3 is 1. The van der Waals surface area contributed by atoms with Crippen molar-refractivity contribution in [2.75, 3.05) is 13.7 Å². The zero-order valence-electron chi connectivity index (χ0n) is 18.7. The highest BCUT2D eigenvalue weighted by atomic mass is 16.5. The highest BCUT2D eigenvalue weighted by molar-refractivity contribution is 5.79. The zero-order valence-corrected chi connectivity index (χ0v) is 18.7. The van der Waals surface area contributed by atoms with E-state index in [2.05, 4.69) is 31.3 Å². The number of carbonyl (C=O) groups is 1. The number of hydrogen-bond acceptors (Lipinski definition) is 3. The van der Waals surface area contributed by atoms with E-state index in [0.29, 0.717) is 12.5 Å². The second-order valence-electron chi connectivity index (χ2n) is 8.41. The first-order chi connectivity index (χ1) is 14.0. The van der Waals surface area contributed by atoms with Crippen LogP contribution in [0.25, 0.3) is 0 Å². The largest absolute Gasteiger partial charge is 0.497 e. The smallest absolute Gasteiger partial charge is 0.225 e. The van der Waals surface area contributed by atoms with Crippen LogP contribution >= 0.6 is 0 Å². The van der Waals surface area contributed by atoms with Crippen LogP contribution in [-0.2, 0) is 16.1 Å². The predicted molar refractivity (Wildman–Crippen MR) is 119 cm³/mol. The van der Waals surface area contributed by atoms with Crippen LogP contribution in [0.5, 0.6) is 5.75 Å². The summed E-state index contributed by atoms with van der Waals surface area (Å²) in [6, 6.07) is 7.87. The van der Waals surface area contributed by atoms with Crippen LogP contribution in [0.4, 0.5) is 0 Å². The van der Waals surface area contributed by atoms with Gasteiger partial charge in [0.2, 0.25) is 5.91 Å². The molecule has 0 unspecified atom stereocenters. The molecule has 1 heterocycles. The van der Waals surface area contributed by atoms with Crippen molar-refractivity contribution in [1.82, 2.24) is 5.32 Å². The van der Waals surface area contributed by atoms with E-state index in [0.717, 1.165) is 30.2 Å². The van der Waals surface area contributed by atoms with Crippen molar-refractivity contribution >= 4 is 5.91 Å². The monoisotopic (exact) mass is 401 g/mol. The van der Waals surface area contributed by atoms with Crippen molar-refractivity contribution in [2.24, 2.45) is 17.8 Å². The molecule has 1 N–H and O–H groups in total. The Morgan fingerprint density at radius 3 is 2.45 bits per heavy atom. The molecule has 0 aliphatic carbocycles. The second-order valence-corrected chi connectivity index (χ2v) is 8.41. The standard InChI is InChI=1S/C25H39NO3/c1-5-21-9-6-8-19(2)11-16-24(20(3)25(27)26-17-7-10-21)29-18-22-12-14-23(28-4)15-13-22/h11-16,19-21,24H,5-10,17-18H2,1-4H3,(H,26,27)/t19-,20-,21+,24+/m1/s1. The Balaban J connectivity index is 2.04. The molecule has 0 saturated heterocycles. The maximum Gasteiger partial charge on any atom is 0.225 e. The van der Waals surface area contributed by atoms with Crippen molar-refractivity contribution in [1.29, 1.82) is 0 Å². The quantitative estimate of drug-likeness (QED) is 0.661. The van der Waals surface area contributed by atoms with Crippen LogP contribution in [-0.4, -0.2) is 25.7 Å². The van der Waals surface area contributed by atoms with Gasteiger partial charge in [-0.15, -0.1) is 0 Å². The van der Waals surface area contributed by atoms with Gasteiger partial charge in [0.1, 0.15) is 5.75 Å². The van der Waals surface area contributed by atoms with Crippen LogP contribution in [0, 0.1) is 17.8 Å². The molecule has 0 aromatic heterocycles. The molecule has 162 valence electrons. The Morgan fingerprint density at radius 1 is 1.03 bits per heavy atom. The van der Waals surface area contributed by atoms with Gasteiger partial charge in [0.25, 0.3) is 0 Å². The molecule has 0 saturated carbocycles. The average molecular weight is 402 g/mol. The van der Waals surface area contributed by atoms with E-state index in [1.165, 1.54) is 32.1 Å². The predicted octanol–water partition coefficient (Wildman–Crippen LogP) is 5.52. The lowest BCUT2D eigenvalue weighted by Crippen LogP contribution is -2.37. The van der Waals surface area contributed by atoms with Crippen LogP contribution in [0.2, 0.25) is 0 Å². The minimum atomic E-state index is -0.231. The van der Waals surface area contributed by atoms with Gasteiger partial charge < -0.3 is 14.8 Å². The van der Waals surface area contributed by atoms with Crippen LogP contribution in [0.15, 0.2) is 36.4 Å². The minimum Gasteiger partial charge on any atom is -0.497 e. The molecule has 0 radical (unpaired) electrons. The fourth-order valence-corrected chi connectivity index (χ4v) is 3.87. The third-order valence-electron chi connectivity index (χ3n) is 6.07. The summed E-state index contributed by atoms with van der Waals surface area (Å²) < 4.78 is 11.4. The van der Waals surface area contributed by atoms with Crippen LogP contribution < -0.4 is 10.1 Å². The number of nitrogens with one attached hydrogen (secondary N) is 1. The lowest BCUT2D eigenvalue weighted by Gasteiger charge is -2.23. The van der Waals surface area contributed by atoms with E-state index >= 15 is 0 Å². The maximum atomic E-state index is 12.7. The van der Waals surface area contributed by atoms with E-state index in [1.807, 2.05) is 31.2 Å². The first-order valence-electron chi connectivity index (χ1n) is 11.2. The van der Waals surface area contributed by atoms with Gasteiger partial charge in [-0.3, -0.25) is 4.79 Å². The molecule has 1 aromatic carbocycles. The van der Waals surface area contributed by atoms with Gasteiger partial charge in [-0.2, -0.15) is 0 Å². The van der Waals surface area contributed by atoms with Gasteiger partial charge in [0, 0.05) is 6.54 Å². The molecule has 1 aliphatic heterocycles. The number of amides is 1. The summed E-state index contributed by atoms with van der Waals surface area (Å²) in [5.41, 5.74) is 1.07. The van der Waals surface area contributed by atoms with Gasteiger partial charge in [0.15, 0.2) is 0 Å². The van der Waals surface area contributed by atoms with E-state index in [9.17, 15) is 4.79 Å². The van der Waals surface area contributed by atoms with Gasteiger partial charge in [-0.1, -0.05) is 64.3 Å². The summed E-state index contributed by atoms with van der Waals surface area (Å²) in [6.07, 6.45) is 11.3. The number of rotatable bonds is 5. The molecular formula is C25H39NO3. The minimum absolute atomic E-state index is 0.0761. The SMILES string of the molecule is CC[C@@H]1CCCNC(=O)[C@H](C)[C@@H](OCc2ccc(OC)cc2)C=C[C@H](C)CCC1. The fraction of sp³-hybridized carbons (Fsp3) is 0.640. The van der Waals surface area contributed by atoms with E-state index < -0.39 is 0 Å². The van der Waals surface area contributed by atoms with Crippen molar-refractivity contribution in [3.8, 4) is 5.75 Å². The van der Waals surface area contributed by atoms with E-state index in [-0.39, 0.29) is 17.9 Å². The normalized spacial score (nSPS) is 27.1. The first-order valence-corrected chi connectivity index (χ1v) is 11.2. The highest BCUT2D eigenvalue weighted by Gasteiger charge is 2.23. The lowest BCUT2D eigenvalue weighted by atomic mass is 9.91. The fourth-order valence-electron chi connectivity index (χ4n) is 3.87. The molecule has 1 amide bonds. The molecule has 4 atom stereocenters. The van der Waals surface area contributed by atoms with Gasteiger partial charge in [-0.25, -0.2) is 0 Å². The number of carbonyl (C=O) groups excluding carboxylic acids is 1. The van der Waals surface area contributed by atoms with Crippen molar-refractivity contribution in [2.45, 2.75) is 72.0 Å². The van der Waals surface area contributed by atoms with Gasteiger partial charge in [0.05, 0.1) is 25.7 Å². The molecule has 0 bridgehead atoms. The Hall–Kier alpha value is -1.81. The highest BCUT2D eigenvalue weighted by Crippen LogP contribution is 2.22. The van der Waals surface area contributed by atoms with Crippen LogP contribution in [0.1, 0.15) is 64.9 Å². The average Bonchev–Trinajstić information content (AvgIpc) is 2.74. The Bertz CT molecular complexity index is 625. The maximum absolute atomic E-state index is 12.7. The Kier molecular flexibility index (Phi) is 10.3. The number of ether oxygens (including phenoxy) is 2. The van der Waals surface area contributed by atoms with E-state index in [1.54, 1.807) is 7.11 Å². The summed E-state index contributed by atoms with van der Waals surface area (Å²) in [6.45, 7) is 7.73.